The number of nitrogens with zero attached hydrogens (tertiary/aromatic N) is 2. The second-order valence-corrected chi connectivity index (χ2v) is 18.8. The van der Waals surface area contributed by atoms with E-state index in [2.05, 4.69) is 36.9 Å². The number of nitrogens with two attached hydrogens (primary N) is 7. The van der Waals surface area contributed by atoms with Gasteiger partial charge in [0.25, 0.3) is 0 Å². The summed E-state index contributed by atoms with van der Waals surface area (Å²) in [6, 6.07) is 3.02. The standard InChI is InChI=1S/C50H75N15O13/c51-23-5-4-10-31(52)42(70)63-36(26-28-8-2-1-3-9-28)46(74)61-34(18-21-40(54)68)48(76)65-25-7-12-38(65)47(75)64-37(27-29-13-15-30(66)16-14-29)45(73)60-33(17-20-39(53)67)44(72)59-32(11-6-24-58-50(56)57)43(71)62-35(49(77)78)19-22-41(55)69/h1-3,8-9,13-16,31-38,66H,4-7,10-12,17-27,51-52H2,(H2,53,67)(H2,54,68)(H2,55,69)(H,59,72)(H,60,73)(H,61,74)(H,62,71)(H,63,70)(H,64,75)(H,77,78)(H4,56,57,58)/t31-,32-,33-,34-,35-,36-,37-,38+/m0/s1. The summed E-state index contributed by atoms with van der Waals surface area (Å²) < 4.78 is 0. The fourth-order valence-corrected chi connectivity index (χ4v) is 8.33. The average molecular weight is 1090 g/mol. The van der Waals surface area contributed by atoms with Crippen LogP contribution >= 0.6 is 0 Å². The van der Waals surface area contributed by atoms with E-state index >= 15 is 0 Å². The van der Waals surface area contributed by atoms with Gasteiger partial charge in [0, 0.05) is 45.2 Å². The number of hydrogen-bond donors (Lipinski definition) is 15. The highest BCUT2D eigenvalue weighted by atomic mass is 16.4. The van der Waals surface area contributed by atoms with Crippen molar-refractivity contribution >= 4 is 71.0 Å². The van der Waals surface area contributed by atoms with Crippen LogP contribution in [-0.2, 0) is 65.6 Å². The summed E-state index contributed by atoms with van der Waals surface area (Å²) >= 11 is 0. The molecule has 0 aliphatic carbocycles. The third-order valence-electron chi connectivity index (χ3n) is 12.5. The average Bonchev–Trinajstić information content (AvgIpc) is 3.90. The Morgan fingerprint density at radius 1 is 0.564 bits per heavy atom. The maximum Gasteiger partial charge on any atom is 0.326 e. The van der Waals surface area contributed by atoms with Crippen molar-refractivity contribution in [3.63, 3.8) is 0 Å². The van der Waals surface area contributed by atoms with Crippen LogP contribution in [0.5, 0.6) is 5.75 Å². The number of phenols is 1. The Bertz CT molecular complexity index is 2430. The molecule has 28 heteroatoms. The number of carboxylic acids is 1. The van der Waals surface area contributed by atoms with Gasteiger partial charge in [0.15, 0.2) is 5.96 Å². The second-order valence-electron chi connectivity index (χ2n) is 18.8. The Kier molecular flexibility index (Phi) is 27.0. The van der Waals surface area contributed by atoms with Crippen molar-refractivity contribution in [3.8, 4) is 5.75 Å². The van der Waals surface area contributed by atoms with Crippen molar-refractivity contribution in [2.45, 2.75) is 145 Å². The number of rotatable bonds is 35. The van der Waals surface area contributed by atoms with Gasteiger partial charge in [0.05, 0.1) is 6.04 Å². The van der Waals surface area contributed by atoms with Gasteiger partial charge in [-0.3, -0.25) is 52.9 Å². The summed E-state index contributed by atoms with van der Waals surface area (Å²) in [6.07, 6.45) is -0.990. The molecule has 428 valence electrons. The van der Waals surface area contributed by atoms with Gasteiger partial charge >= 0.3 is 5.97 Å². The molecule has 1 aliphatic rings. The highest BCUT2D eigenvalue weighted by molar-refractivity contribution is 5.98. The van der Waals surface area contributed by atoms with Gasteiger partial charge in [-0.05, 0) is 87.6 Å². The summed E-state index contributed by atoms with van der Waals surface area (Å²) in [4.78, 5) is 151. The zero-order valence-corrected chi connectivity index (χ0v) is 43.4. The number of nitrogens with one attached hydrogen (secondary N) is 6. The van der Waals surface area contributed by atoms with Gasteiger partial charge in [-0.15, -0.1) is 0 Å². The van der Waals surface area contributed by atoms with Gasteiger partial charge in [-0.1, -0.05) is 48.9 Å². The number of aliphatic carboxylic acids is 1. The predicted molar refractivity (Wildman–Crippen MR) is 282 cm³/mol. The maximum atomic E-state index is 14.5. The van der Waals surface area contributed by atoms with Crippen molar-refractivity contribution < 1.29 is 63.0 Å². The Morgan fingerprint density at radius 2 is 1.04 bits per heavy atom. The maximum absolute atomic E-state index is 14.5. The van der Waals surface area contributed by atoms with Crippen LogP contribution in [0.2, 0.25) is 0 Å². The molecule has 1 aliphatic heterocycles. The van der Waals surface area contributed by atoms with Crippen molar-refractivity contribution in [2.24, 2.45) is 45.1 Å². The quantitative estimate of drug-likeness (QED) is 0.0176. The zero-order valence-electron chi connectivity index (χ0n) is 43.4. The lowest BCUT2D eigenvalue weighted by Gasteiger charge is -2.31. The highest BCUT2D eigenvalue weighted by Crippen LogP contribution is 2.21. The summed E-state index contributed by atoms with van der Waals surface area (Å²) in [6.45, 7) is 0.357. The third kappa shape index (κ3) is 22.8. The third-order valence-corrected chi connectivity index (χ3v) is 12.5. The van der Waals surface area contributed by atoms with Crippen LogP contribution in [0, 0.1) is 0 Å². The largest absolute Gasteiger partial charge is 0.508 e. The van der Waals surface area contributed by atoms with Crippen molar-refractivity contribution in [1.29, 1.82) is 0 Å². The van der Waals surface area contributed by atoms with Crippen molar-refractivity contribution in [3.05, 3.63) is 65.7 Å². The molecule has 22 N–H and O–H groups in total. The molecule has 1 fully saturated rings. The highest BCUT2D eigenvalue weighted by Gasteiger charge is 2.40. The molecule has 28 nitrogen and oxygen atoms in total. The molecule has 10 amide bonds. The number of hydrogen-bond acceptors (Lipinski definition) is 15. The van der Waals surface area contributed by atoms with E-state index in [1.54, 1.807) is 30.3 Å². The number of guanidine groups is 1. The number of aliphatic imine (C=N–C) groups is 1. The molecule has 8 atom stereocenters. The Balaban J connectivity index is 1.95. The topological polar surface area (TPSA) is 498 Å². The number of carbonyl (C=O) groups is 11. The van der Waals surface area contributed by atoms with E-state index in [-0.39, 0.29) is 89.0 Å². The first-order valence-electron chi connectivity index (χ1n) is 25.5. The number of amides is 10. The molecule has 1 heterocycles. The summed E-state index contributed by atoms with van der Waals surface area (Å²) in [5, 5.41) is 35.0. The summed E-state index contributed by atoms with van der Waals surface area (Å²) in [5.41, 5.74) is 39.8. The van der Waals surface area contributed by atoms with E-state index in [1.165, 1.54) is 29.2 Å². The molecule has 0 saturated carbocycles. The van der Waals surface area contributed by atoms with Gasteiger partial charge in [0.2, 0.25) is 59.1 Å². The lowest BCUT2D eigenvalue weighted by Crippen LogP contribution is -2.60. The Labute approximate surface area is 450 Å². The number of aromatic hydroxyl groups is 1. The van der Waals surface area contributed by atoms with Crippen LogP contribution in [0.15, 0.2) is 59.6 Å². The monoisotopic (exact) mass is 1090 g/mol. The molecule has 0 spiro atoms. The minimum absolute atomic E-state index is 0.00899. The van der Waals surface area contributed by atoms with Crippen LogP contribution in [0.25, 0.3) is 0 Å². The summed E-state index contributed by atoms with van der Waals surface area (Å²) in [7, 11) is 0. The lowest BCUT2D eigenvalue weighted by molar-refractivity contribution is -0.143. The Hall–Kier alpha value is -8.40. The van der Waals surface area contributed by atoms with Crippen molar-refractivity contribution in [2.75, 3.05) is 19.6 Å². The number of primary amides is 3. The number of carbonyl (C=O) groups excluding carboxylic acids is 10. The van der Waals surface area contributed by atoms with Crippen LogP contribution in [0.4, 0.5) is 0 Å². The van der Waals surface area contributed by atoms with E-state index in [9.17, 15) is 63.0 Å². The number of likely N-dealkylation sites (tertiary alicyclic amines) is 1. The first kappa shape index (κ1) is 63.9. The van der Waals surface area contributed by atoms with Crippen molar-refractivity contribution in [1.82, 2.24) is 36.8 Å². The number of phenolic OH excluding ortho intramolecular Hbond substituents is 1. The van der Waals surface area contributed by atoms with E-state index in [4.69, 9.17) is 40.1 Å². The zero-order chi connectivity index (χ0) is 57.9. The summed E-state index contributed by atoms with van der Waals surface area (Å²) in [5.74, 6) is -10.5. The number of carboxylic acid groups (broad SMARTS) is 1. The lowest BCUT2D eigenvalue weighted by atomic mass is 10.0. The molecule has 3 rings (SSSR count). The van der Waals surface area contributed by atoms with E-state index in [0.717, 1.165) is 0 Å². The molecule has 2 aromatic carbocycles. The second kappa shape index (κ2) is 32.9. The van der Waals surface area contributed by atoms with Gasteiger partial charge in [0.1, 0.15) is 48.0 Å². The number of benzene rings is 2. The van der Waals surface area contributed by atoms with Crippen LogP contribution in [0.3, 0.4) is 0 Å². The first-order chi connectivity index (χ1) is 37.0. The SMILES string of the molecule is NCCCC[C@H](N)C(=O)N[C@@H](Cc1ccccc1)C(=O)N[C@@H](CCC(N)=O)C(=O)N1CCC[C@@H]1C(=O)N[C@@H](Cc1ccc(O)cc1)C(=O)N[C@@H](CCC(N)=O)C(=O)N[C@@H](CCCN=C(N)N)C(=O)N[C@@H](CCC(N)=O)C(=O)O. The van der Waals surface area contributed by atoms with Crippen LogP contribution < -0.4 is 72.0 Å². The van der Waals surface area contributed by atoms with E-state index in [0.29, 0.717) is 30.5 Å². The predicted octanol–water partition coefficient (Wildman–Crippen LogP) is -4.53. The number of unbranched alkanes of at least 4 members (excludes halogenated alkanes) is 1. The smallest absolute Gasteiger partial charge is 0.326 e. The minimum Gasteiger partial charge on any atom is -0.508 e. The molecule has 1 saturated heterocycles. The minimum atomic E-state index is -1.64. The van der Waals surface area contributed by atoms with Gasteiger partial charge in [-0.25, -0.2) is 4.79 Å². The van der Waals surface area contributed by atoms with Gasteiger partial charge < -0.3 is 87.1 Å². The van der Waals surface area contributed by atoms with E-state index in [1.807, 2.05) is 0 Å². The molecular formula is C50H75N15O13. The molecule has 0 bridgehead atoms. The normalized spacial score (nSPS) is 15.6. The van der Waals surface area contributed by atoms with Gasteiger partial charge in [-0.2, -0.15) is 0 Å². The molecule has 78 heavy (non-hydrogen) atoms. The molecule has 0 radical (unpaired) electrons. The fraction of sp³-hybridized carbons (Fsp3) is 0.520. The first-order valence-corrected chi connectivity index (χ1v) is 25.5. The van der Waals surface area contributed by atoms with Crippen LogP contribution in [0.1, 0.15) is 94.6 Å². The molecule has 2 aromatic rings. The van der Waals surface area contributed by atoms with E-state index < -0.39 is 133 Å². The Morgan fingerprint density at radius 3 is 1.58 bits per heavy atom. The van der Waals surface area contributed by atoms with Crippen LogP contribution in [-0.4, -0.2) is 154 Å². The fourth-order valence-electron chi connectivity index (χ4n) is 8.33. The molecule has 0 aromatic heterocycles. The molecule has 0 unspecified atom stereocenters. The molecular weight excluding hydrogens is 1020 g/mol.